The number of hydrogen-bond donors (Lipinski definition) is 0. The molecule has 2 heterocycles. The van der Waals surface area contributed by atoms with E-state index >= 15 is 0 Å². The number of hydrogen-bond acceptors (Lipinski definition) is 3. The number of rotatable bonds is 8. The number of para-hydroxylation sites is 1. The second-order valence-electron chi connectivity index (χ2n) is 18.3. The van der Waals surface area contributed by atoms with E-state index < -0.39 is 5.41 Å². The van der Waals surface area contributed by atoms with Crippen LogP contribution in [0.5, 0.6) is 0 Å². The van der Waals surface area contributed by atoms with Crippen molar-refractivity contribution in [2.45, 2.75) is 5.41 Å². The lowest BCUT2D eigenvalue weighted by molar-refractivity contribution is 0.669. The van der Waals surface area contributed by atoms with Crippen molar-refractivity contribution < 1.29 is 4.42 Å². The molecule has 0 aliphatic heterocycles. The average Bonchev–Trinajstić information content (AvgIpc) is 4.11. The molecule has 14 rings (SSSR count). The standard InChI is InChI=1S/C67H43NOS/c1-3-15-48(16-4-1)67(49-17-5-2-6-18-49)60-25-10-7-19-55(60)59-43-47(35-42-61(59)67)44-29-36-50(37-30-44)68(51-38-31-45(32-39-51)53-22-14-27-63-65(53)58-21-8-11-26-62(58)69-63)52-40-33-46(34-41-52)54-23-13-24-57-56-20-9-12-28-64(56)70-66(54)57/h1-43H. The van der Waals surface area contributed by atoms with E-state index in [4.69, 9.17) is 4.42 Å². The molecule has 0 radical (unpaired) electrons. The van der Waals surface area contributed by atoms with Crippen LogP contribution in [0, 0.1) is 0 Å². The topological polar surface area (TPSA) is 16.4 Å². The fourth-order valence-electron chi connectivity index (χ4n) is 11.4. The lowest BCUT2D eigenvalue weighted by Gasteiger charge is -2.33. The van der Waals surface area contributed by atoms with Crippen LogP contribution in [0.15, 0.2) is 265 Å². The summed E-state index contributed by atoms with van der Waals surface area (Å²) in [6.07, 6.45) is 0. The van der Waals surface area contributed by atoms with Crippen LogP contribution >= 0.6 is 11.3 Å². The highest BCUT2D eigenvalue weighted by Crippen LogP contribution is 2.57. The van der Waals surface area contributed by atoms with Gasteiger partial charge in [-0.15, -0.1) is 11.3 Å². The number of fused-ring (bicyclic) bond motifs is 9. The van der Waals surface area contributed by atoms with Gasteiger partial charge >= 0.3 is 0 Å². The smallest absolute Gasteiger partial charge is 0.136 e. The minimum atomic E-state index is -0.425. The van der Waals surface area contributed by atoms with Crippen molar-refractivity contribution in [2.75, 3.05) is 4.90 Å². The Kier molecular flexibility index (Phi) is 9.33. The lowest BCUT2D eigenvalue weighted by Crippen LogP contribution is -2.28. The number of furan rings is 1. The Hall–Kier alpha value is -8.76. The van der Waals surface area contributed by atoms with Crippen molar-refractivity contribution in [3.63, 3.8) is 0 Å². The van der Waals surface area contributed by atoms with Gasteiger partial charge < -0.3 is 9.32 Å². The fraction of sp³-hybridized carbons (Fsp3) is 0.0149. The van der Waals surface area contributed by atoms with E-state index in [-0.39, 0.29) is 0 Å². The van der Waals surface area contributed by atoms with E-state index in [2.05, 4.69) is 254 Å². The first-order chi connectivity index (χ1) is 34.7. The molecule has 3 heteroatoms. The van der Waals surface area contributed by atoms with Gasteiger partial charge in [-0.1, -0.05) is 200 Å². The molecule has 1 aliphatic rings. The molecule has 0 N–H and O–H groups in total. The predicted octanol–water partition coefficient (Wildman–Crippen LogP) is 18.8. The number of benzene rings is 11. The van der Waals surface area contributed by atoms with E-state index in [1.165, 1.54) is 75.8 Å². The summed E-state index contributed by atoms with van der Waals surface area (Å²) >= 11 is 1.87. The molecule has 0 amide bonds. The van der Waals surface area contributed by atoms with Crippen molar-refractivity contribution in [3.8, 4) is 44.5 Å². The van der Waals surface area contributed by atoms with Gasteiger partial charge in [-0.2, -0.15) is 0 Å². The molecule has 0 unspecified atom stereocenters. The van der Waals surface area contributed by atoms with E-state index in [1.54, 1.807) is 0 Å². The molecular formula is C67H43NOS. The summed E-state index contributed by atoms with van der Waals surface area (Å²) in [7, 11) is 0. The molecule has 0 saturated heterocycles. The van der Waals surface area contributed by atoms with Crippen LogP contribution in [0.25, 0.3) is 86.6 Å². The molecule has 0 spiro atoms. The molecule has 2 nitrogen and oxygen atoms in total. The van der Waals surface area contributed by atoms with Gasteiger partial charge in [0.05, 0.1) is 5.41 Å². The summed E-state index contributed by atoms with van der Waals surface area (Å²) in [5.74, 6) is 0. The zero-order valence-electron chi connectivity index (χ0n) is 38.1. The Morgan fingerprint density at radius 3 is 1.54 bits per heavy atom. The third-order valence-corrected chi connectivity index (χ3v) is 15.8. The summed E-state index contributed by atoms with van der Waals surface area (Å²) in [4.78, 5) is 2.37. The highest BCUT2D eigenvalue weighted by molar-refractivity contribution is 7.26. The lowest BCUT2D eigenvalue weighted by atomic mass is 9.67. The molecular weight excluding hydrogens is 867 g/mol. The van der Waals surface area contributed by atoms with Crippen molar-refractivity contribution in [1.82, 2.24) is 0 Å². The summed E-state index contributed by atoms with van der Waals surface area (Å²) in [6.45, 7) is 0. The molecule has 1 aliphatic carbocycles. The maximum atomic E-state index is 6.29. The minimum absolute atomic E-state index is 0.425. The highest BCUT2D eigenvalue weighted by Gasteiger charge is 2.46. The van der Waals surface area contributed by atoms with Crippen molar-refractivity contribution >= 4 is 70.5 Å². The van der Waals surface area contributed by atoms with Crippen molar-refractivity contribution in [2.24, 2.45) is 0 Å². The molecule has 11 aromatic carbocycles. The van der Waals surface area contributed by atoms with Crippen LogP contribution in [0.3, 0.4) is 0 Å². The van der Waals surface area contributed by atoms with E-state index in [0.717, 1.165) is 50.1 Å². The van der Waals surface area contributed by atoms with Gasteiger partial charge in [-0.25, -0.2) is 0 Å². The Labute approximate surface area is 410 Å². The van der Waals surface area contributed by atoms with Gasteiger partial charge in [0.15, 0.2) is 0 Å². The Balaban J connectivity index is 0.867. The van der Waals surface area contributed by atoms with Gasteiger partial charge in [0.1, 0.15) is 11.2 Å². The monoisotopic (exact) mass is 909 g/mol. The molecule has 0 atom stereocenters. The predicted molar refractivity (Wildman–Crippen MR) is 295 cm³/mol. The minimum Gasteiger partial charge on any atom is -0.456 e. The summed E-state index contributed by atoms with van der Waals surface area (Å²) in [5.41, 5.74) is 19.5. The van der Waals surface area contributed by atoms with Gasteiger partial charge in [0.25, 0.3) is 0 Å². The molecule has 0 fully saturated rings. The molecule has 328 valence electrons. The Morgan fingerprint density at radius 2 is 0.829 bits per heavy atom. The summed E-state index contributed by atoms with van der Waals surface area (Å²) in [5, 5.41) is 4.89. The number of nitrogens with zero attached hydrogens (tertiary/aromatic N) is 1. The number of anilines is 3. The normalized spacial score (nSPS) is 12.7. The Bertz CT molecular complexity index is 4050. The van der Waals surface area contributed by atoms with Crippen LogP contribution in [0.2, 0.25) is 0 Å². The SMILES string of the molecule is c1ccc(C2(c3ccccc3)c3ccccc3-c3cc(-c4ccc(N(c5ccc(-c6cccc7c6sc6ccccc67)cc5)c5ccc(-c6cccc7oc8ccccc8c67)cc5)cc4)ccc32)cc1. The van der Waals surface area contributed by atoms with Gasteiger partial charge in [0, 0.05) is 48.0 Å². The van der Waals surface area contributed by atoms with E-state index in [0.29, 0.717) is 0 Å². The Morgan fingerprint density at radius 1 is 0.329 bits per heavy atom. The zero-order valence-corrected chi connectivity index (χ0v) is 38.9. The van der Waals surface area contributed by atoms with Gasteiger partial charge in [0.2, 0.25) is 0 Å². The molecule has 70 heavy (non-hydrogen) atoms. The molecule has 0 saturated carbocycles. The van der Waals surface area contributed by atoms with Crippen LogP contribution in [0.1, 0.15) is 22.3 Å². The summed E-state index contributed by atoms with van der Waals surface area (Å²) in [6, 6.07) is 95.4. The molecule has 13 aromatic rings. The van der Waals surface area contributed by atoms with Crippen molar-refractivity contribution in [3.05, 3.63) is 283 Å². The fourth-order valence-corrected chi connectivity index (χ4v) is 12.7. The molecule has 2 aromatic heterocycles. The van der Waals surface area contributed by atoms with Crippen LogP contribution in [0.4, 0.5) is 17.1 Å². The highest BCUT2D eigenvalue weighted by atomic mass is 32.1. The average molecular weight is 910 g/mol. The quantitative estimate of drug-likeness (QED) is 0.151. The molecule has 0 bridgehead atoms. The second kappa shape index (κ2) is 16.2. The van der Waals surface area contributed by atoms with E-state index in [9.17, 15) is 0 Å². The first kappa shape index (κ1) is 40.3. The van der Waals surface area contributed by atoms with Crippen LogP contribution in [-0.2, 0) is 5.41 Å². The van der Waals surface area contributed by atoms with Crippen LogP contribution < -0.4 is 4.90 Å². The van der Waals surface area contributed by atoms with Gasteiger partial charge in [-0.3, -0.25) is 0 Å². The maximum Gasteiger partial charge on any atom is 0.136 e. The second-order valence-corrected chi connectivity index (χ2v) is 19.4. The maximum absolute atomic E-state index is 6.29. The third-order valence-electron chi connectivity index (χ3n) is 14.6. The number of thiophene rings is 1. The first-order valence-electron chi connectivity index (χ1n) is 24.0. The van der Waals surface area contributed by atoms with Crippen LogP contribution in [-0.4, -0.2) is 0 Å². The van der Waals surface area contributed by atoms with Crippen molar-refractivity contribution in [1.29, 1.82) is 0 Å². The third kappa shape index (κ3) is 6.25. The van der Waals surface area contributed by atoms with Gasteiger partial charge in [-0.05, 0) is 127 Å². The zero-order chi connectivity index (χ0) is 46.2. The van der Waals surface area contributed by atoms with E-state index in [1.807, 2.05) is 23.5 Å². The summed E-state index contributed by atoms with van der Waals surface area (Å²) < 4.78 is 8.92. The first-order valence-corrected chi connectivity index (χ1v) is 24.8. The largest absolute Gasteiger partial charge is 0.456 e.